The van der Waals surface area contributed by atoms with Gasteiger partial charge in [0, 0.05) is 16.6 Å². The largest absolute Gasteiger partial charge is 0.399 e. The van der Waals surface area contributed by atoms with Gasteiger partial charge >= 0.3 is 0 Å². The Morgan fingerprint density at radius 1 is 1.41 bits per heavy atom. The van der Waals surface area contributed by atoms with Gasteiger partial charge in [-0.3, -0.25) is 4.79 Å². The van der Waals surface area contributed by atoms with E-state index in [2.05, 4.69) is 10.3 Å². The van der Waals surface area contributed by atoms with Crippen LogP contribution in [-0.4, -0.2) is 10.9 Å². The number of nitrogen functional groups attached to an aromatic ring is 1. The molecule has 1 amide bonds. The fraction of sp³-hybridized carbons (Fsp3) is 0.167. The van der Waals surface area contributed by atoms with E-state index in [9.17, 15) is 4.79 Å². The lowest BCUT2D eigenvalue weighted by Gasteiger charge is -2.03. The van der Waals surface area contributed by atoms with Crippen molar-refractivity contribution in [1.29, 1.82) is 0 Å². The lowest BCUT2D eigenvalue weighted by molar-refractivity contribution is 0.0950. The fourth-order valence-electron chi connectivity index (χ4n) is 1.40. The molecule has 0 unspecified atom stereocenters. The number of nitrogens with one attached hydrogen (secondary N) is 1. The molecule has 5 heteroatoms. The van der Waals surface area contributed by atoms with Crippen LogP contribution < -0.4 is 11.1 Å². The number of benzene rings is 1. The Bertz CT molecular complexity index is 519. The molecule has 0 spiro atoms. The minimum atomic E-state index is -0.115. The van der Waals surface area contributed by atoms with Crippen LogP contribution in [-0.2, 0) is 6.54 Å². The van der Waals surface area contributed by atoms with Crippen molar-refractivity contribution in [2.24, 2.45) is 0 Å². The molecule has 2 aromatic rings. The second-order valence-corrected chi connectivity index (χ2v) is 4.72. The normalized spacial score (nSPS) is 10.2. The summed E-state index contributed by atoms with van der Waals surface area (Å²) in [6.45, 7) is 2.39. The van der Waals surface area contributed by atoms with E-state index in [0.717, 1.165) is 10.7 Å². The number of carbonyl (C=O) groups is 1. The van der Waals surface area contributed by atoms with Crippen molar-refractivity contribution in [3.8, 4) is 0 Å². The van der Waals surface area contributed by atoms with Gasteiger partial charge in [0.25, 0.3) is 5.91 Å². The number of aryl methyl sites for hydroxylation is 1. The smallest absolute Gasteiger partial charge is 0.251 e. The molecule has 1 heterocycles. The summed E-state index contributed by atoms with van der Waals surface area (Å²) >= 11 is 1.57. The number of thiazole rings is 1. The molecule has 0 radical (unpaired) electrons. The summed E-state index contributed by atoms with van der Waals surface area (Å²) in [7, 11) is 0. The number of carbonyl (C=O) groups excluding carboxylic acids is 1. The van der Waals surface area contributed by atoms with Crippen molar-refractivity contribution in [3.05, 3.63) is 45.9 Å². The quantitative estimate of drug-likeness (QED) is 0.815. The standard InChI is InChI=1S/C12H13N3OS/c1-8-15-11(7-17-8)6-14-12(16)9-2-4-10(13)5-3-9/h2-5,7H,6,13H2,1H3,(H,14,16). The Morgan fingerprint density at radius 2 is 2.12 bits per heavy atom. The summed E-state index contributed by atoms with van der Waals surface area (Å²) in [5.74, 6) is -0.115. The van der Waals surface area contributed by atoms with Crippen LogP contribution in [0, 0.1) is 6.92 Å². The molecule has 0 saturated heterocycles. The lowest BCUT2D eigenvalue weighted by atomic mass is 10.2. The second-order valence-electron chi connectivity index (χ2n) is 3.66. The average molecular weight is 247 g/mol. The van der Waals surface area contributed by atoms with Crippen molar-refractivity contribution in [2.75, 3.05) is 5.73 Å². The summed E-state index contributed by atoms with van der Waals surface area (Å²) in [5.41, 5.74) is 7.69. The summed E-state index contributed by atoms with van der Waals surface area (Å²) < 4.78 is 0. The van der Waals surface area contributed by atoms with Gasteiger partial charge in [-0.25, -0.2) is 4.98 Å². The lowest BCUT2D eigenvalue weighted by Crippen LogP contribution is -2.22. The van der Waals surface area contributed by atoms with Crippen molar-refractivity contribution in [1.82, 2.24) is 10.3 Å². The zero-order valence-corrected chi connectivity index (χ0v) is 10.3. The Hall–Kier alpha value is -1.88. The van der Waals surface area contributed by atoms with Gasteiger partial charge in [0.2, 0.25) is 0 Å². The first-order valence-corrected chi connectivity index (χ1v) is 6.08. The summed E-state index contributed by atoms with van der Waals surface area (Å²) in [6.07, 6.45) is 0. The van der Waals surface area contributed by atoms with Crippen molar-refractivity contribution >= 4 is 22.9 Å². The van der Waals surface area contributed by atoms with Crippen LogP contribution in [0.15, 0.2) is 29.6 Å². The zero-order valence-electron chi connectivity index (χ0n) is 9.43. The maximum atomic E-state index is 11.8. The number of hydrogen-bond donors (Lipinski definition) is 2. The topological polar surface area (TPSA) is 68.0 Å². The van der Waals surface area contributed by atoms with Crippen LogP contribution in [0.3, 0.4) is 0 Å². The van der Waals surface area contributed by atoms with E-state index in [4.69, 9.17) is 5.73 Å². The fourth-order valence-corrected chi connectivity index (χ4v) is 2.01. The maximum Gasteiger partial charge on any atom is 0.251 e. The van der Waals surface area contributed by atoms with Crippen LogP contribution in [0.2, 0.25) is 0 Å². The Kier molecular flexibility index (Phi) is 3.39. The Balaban J connectivity index is 1.95. The Labute approximate surface area is 103 Å². The number of aromatic nitrogens is 1. The van der Waals surface area contributed by atoms with Crippen molar-refractivity contribution < 1.29 is 4.79 Å². The molecule has 88 valence electrons. The van der Waals surface area contributed by atoms with Gasteiger partial charge in [0.15, 0.2) is 0 Å². The minimum Gasteiger partial charge on any atom is -0.399 e. The van der Waals surface area contributed by atoms with E-state index in [0.29, 0.717) is 17.8 Å². The first-order chi connectivity index (χ1) is 8.15. The van der Waals surface area contributed by atoms with Crippen LogP contribution in [0.1, 0.15) is 21.1 Å². The number of nitrogens with two attached hydrogens (primary N) is 1. The van der Waals surface area contributed by atoms with Crippen LogP contribution >= 0.6 is 11.3 Å². The van der Waals surface area contributed by atoms with Gasteiger partial charge in [-0.2, -0.15) is 0 Å². The van der Waals surface area contributed by atoms with Gasteiger partial charge in [-0.05, 0) is 31.2 Å². The summed E-state index contributed by atoms with van der Waals surface area (Å²) in [4.78, 5) is 16.0. The first kappa shape index (κ1) is 11.6. The molecule has 2 rings (SSSR count). The average Bonchev–Trinajstić information content (AvgIpc) is 2.73. The summed E-state index contributed by atoms with van der Waals surface area (Å²) in [6, 6.07) is 6.83. The van der Waals surface area contributed by atoms with E-state index in [-0.39, 0.29) is 5.91 Å². The highest BCUT2D eigenvalue weighted by Gasteiger charge is 2.05. The van der Waals surface area contributed by atoms with E-state index in [1.54, 1.807) is 35.6 Å². The third kappa shape index (κ3) is 3.04. The van der Waals surface area contributed by atoms with Gasteiger partial charge in [0.1, 0.15) is 0 Å². The predicted octanol–water partition coefficient (Wildman–Crippen LogP) is 1.96. The number of rotatable bonds is 3. The monoisotopic (exact) mass is 247 g/mol. The summed E-state index contributed by atoms with van der Waals surface area (Å²) in [5, 5.41) is 5.76. The number of amides is 1. The Morgan fingerprint density at radius 3 is 2.71 bits per heavy atom. The molecule has 0 aliphatic rings. The third-order valence-corrected chi connectivity index (χ3v) is 3.09. The third-order valence-electron chi connectivity index (χ3n) is 2.27. The maximum absolute atomic E-state index is 11.8. The highest BCUT2D eigenvalue weighted by molar-refractivity contribution is 7.09. The molecular formula is C12H13N3OS. The molecule has 1 aromatic carbocycles. The van der Waals surface area contributed by atoms with Crippen LogP contribution in [0.5, 0.6) is 0 Å². The molecule has 4 nitrogen and oxygen atoms in total. The van der Waals surface area contributed by atoms with Gasteiger partial charge in [-0.15, -0.1) is 11.3 Å². The molecule has 0 atom stereocenters. The van der Waals surface area contributed by atoms with E-state index in [1.165, 1.54) is 0 Å². The molecular weight excluding hydrogens is 234 g/mol. The van der Waals surface area contributed by atoms with E-state index >= 15 is 0 Å². The van der Waals surface area contributed by atoms with Crippen molar-refractivity contribution in [2.45, 2.75) is 13.5 Å². The van der Waals surface area contributed by atoms with E-state index < -0.39 is 0 Å². The molecule has 1 aromatic heterocycles. The second kappa shape index (κ2) is 4.97. The van der Waals surface area contributed by atoms with Crippen LogP contribution in [0.25, 0.3) is 0 Å². The first-order valence-electron chi connectivity index (χ1n) is 5.20. The molecule has 0 aliphatic heterocycles. The van der Waals surface area contributed by atoms with Gasteiger partial charge in [0.05, 0.1) is 17.2 Å². The molecule has 0 aliphatic carbocycles. The van der Waals surface area contributed by atoms with Crippen molar-refractivity contribution in [3.63, 3.8) is 0 Å². The number of anilines is 1. The zero-order chi connectivity index (χ0) is 12.3. The molecule has 0 bridgehead atoms. The predicted molar refractivity (Wildman–Crippen MR) is 68.9 cm³/mol. The van der Waals surface area contributed by atoms with Gasteiger partial charge < -0.3 is 11.1 Å². The SMILES string of the molecule is Cc1nc(CNC(=O)c2ccc(N)cc2)cs1. The highest BCUT2D eigenvalue weighted by Crippen LogP contribution is 2.08. The number of nitrogens with zero attached hydrogens (tertiary/aromatic N) is 1. The minimum absolute atomic E-state index is 0.115. The molecule has 3 N–H and O–H groups in total. The van der Waals surface area contributed by atoms with Gasteiger partial charge in [-0.1, -0.05) is 0 Å². The molecule has 17 heavy (non-hydrogen) atoms. The molecule has 0 saturated carbocycles. The van der Waals surface area contributed by atoms with Crippen LogP contribution in [0.4, 0.5) is 5.69 Å². The van der Waals surface area contributed by atoms with E-state index in [1.807, 2.05) is 12.3 Å². The molecule has 0 fully saturated rings. The number of hydrogen-bond acceptors (Lipinski definition) is 4. The highest BCUT2D eigenvalue weighted by atomic mass is 32.1.